The number of rotatable bonds is 5. The van der Waals surface area contributed by atoms with Crippen LogP contribution < -0.4 is 5.73 Å². The minimum absolute atomic E-state index is 0.195. The Morgan fingerprint density at radius 1 is 1.09 bits per heavy atom. The maximum Gasteiger partial charge on any atom is 0.101 e. The van der Waals surface area contributed by atoms with E-state index in [0.717, 1.165) is 50.5 Å². The highest BCUT2D eigenvalue weighted by molar-refractivity contribution is 5.30. The summed E-state index contributed by atoms with van der Waals surface area (Å²) in [7, 11) is 0. The molecule has 5 N–H and O–H groups in total. The summed E-state index contributed by atoms with van der Waals surface area (Å²) in [6.07, 6.45) is 11.2. The molecule has 0 spiro atoms. The predicted molar refractivity (Wildman–Crippen MR) is 121 cm³/mol. The molecular weight excluding hydrogens is 406 g/mol. The molecule has 32 heavy (non-hydrogen) atoms. The van der Waals surface area contributed by atoms with E-state index in [1.165, 1.54) is 0 Å². The zero-order valence-electron chi connectivity index (χ0n) is 19.6. The third-order valence-electron chi connectivity index (χ3n) is 10.7. The Labute approximate surface area is 191 Å². The van der Waals surface area contributed by atoms with Gasteiger partial charge in [-0.3, -0.25) is 0 Å². The number of ether oxygens (including phenoxy) is 1. The van der Waals surface area contributed by atoms with E-state index < -0.39 is 22.7 Å². The summed E-state index contributed by atoms with van der Waals surface area (Å²) in [5.41, 5.74) is 4.09. The molecule has 9 atom stereocenters. The molecule has 0 bridgehead atoms. The Balaban J connectivity index is 1.36. The minimum Gasteiger partial charge on any atom is -0.472 e. The van der Waals surface area contributed by atoms with E-state index in [-0.39, 0.29) is 24.0 Å². The van der Waals surface area contributed by atoms with Crippen LogP contribution in [0.5, 0.6) is 0 Å². The van der Waals surface area contributed by atoms with Gasteiger partial charge in [-0.05, 0) is 87.0 Å². The van der Waals surface area contributed by atoms with E-state index in [9.17, 15) is 15.3 Å². The largest absolute Gasteiger partial charge is 0.472 e. The molecule has 6 nitrogen and oxygen atoms in total. The molecule has 5 rings (SSSR count). The van der Waals surface area contributed by atoms with Gasteiger partial charge in [-0.1, -0.05) is 13.8 Å². The van der Waals surface area contributed by atoms with Gasteiger partial charge in [0.05, 0.1) is 36.9 Å². The van der Waals surface area contributed by atoms with Crippen LogP contribution >= 0.6 is 0 Å². The van der Waals surface area contributed by atoms with Crippen LogP contribution in [0.1, 0.15) is 77.2 Å². The van der Waals surface area contributed by atoms with E-state index in [1.807, 2.05) is 6.07 Å². The summed E-state index contributed by atoms with van der Waals surface area (Å²) < 4.78 is 11.3. The molecule has 4 aliphatic rings. The van der Waals surface area contributed by atoms with Crippen LogP contribution in [-0.2, 0) is 10.3 Å². The lowest BCUT2D eigenvalue weighted by Gasteiger charge is -2.64. The van der Waals surface area contributed by atoms with Gasteiger partial charge in [-0.15, -0.1) is 0 Å². The molecule has 180 valence electrons. The number of furan rings is 1. The van der Waals surface area contributed by atoms with Crippen molar-refractivity contribution >= 4 is 0 Å². The van der Waals surface area contributed by atoms with Crippen molar-refractivity contribution in [3.8, 4) is 0 Å². The predicted octanol–water partition coefficient (Wildman–Crippen LogP) is 3.33. The lowest BCUT2D eigenvalue weighted by molar-refractivity contribution is -0.239. The molecule has 0 amide bonds. The highest BCUT2D eigenvalue weighted by Gasteiger charge is 2.72. The number of aliphatic hydroxyl groups is 3. The van der Waals surface area contributed by atoms with Gasteiger partial charge >= 0.3 is 0 Å². The van der Waals surface area contributed by atoms with Crippen LogP contribution in [0.4, 0.5) is 0 Å². The third kappa shape index (κ3) is 3.02. The van der Waals surface area contributed by atoms with E-state index in [0.29, 0.717) is 31.3 Å². The molecule has 0 radical (unpaired) electrons. The van der Waals surface area contributed by atoms with Gasteiger partial charge in [0.25, 0.3) is 0 Å². The van der Waals surface area contributed by atoms with Crippen molar-refractivity contribution in [1.29, 1.82) is 0 Å². The van der Waals surface area contributed by atoms with Crippen LogP contribution in [0.15, 0.2) is 23.0 Å². The van der Waals surface area contributed by atoms with Crippen molar-refractivity contribution in [1.82, 2.24) is 0 Å². The fourth-order valence-corrected chi connectivity index (χ4v) is 8.63. The lowest BCUT2D eigenvalue weighted by Crippen LogP contribution is -2.64. The van der Waals surface area contributed by atoms with E-state index in [2.05, 4.69) is 13.8 Å². The van der Waals surface area contributed by atoms with Gasteiger partial charge in [0.15, 0.2) is 0 Å². The fourth-order valence-electron chi connectivity index (χ4n) is 8.63. The number of nitrogens with two attached hydrogens (primary N) is 1. The Bertz CT molecular complexity index is 815. The maximum atomic E-state index is 12.3. The highest BCUT2D eigenvalue weighted by atomic mass is 16.5. The Morgan fingerprint density at radius 3 is 2.62 bits per heavy atom. The summed E-state index contributed by atoms with van der Waals surface area (Å²) in [6, 6.07) is 1.87. The molecule has 0 saturated heterocycles. The van der Waals surface area contributed by atoms with Crippen LogP contribution in [-0.4, -0.2) is 46.3 Å². The quantitative estimate of drug-likeness (QED) is 0.551. The van der Waals surface area contributed by atoms with Crippen LogP contribution in [0.3, 0.4) is 0 Å². The number of aliphatic hydroxyl groups excluding tert-OH is 1. The van der Waals surface area contributed by atoms with Crippen molar-refractivity contribution < 1.29 is 24.5 Å². The summed E-state index contributed by atoms with van der Waals surface area (Å²) in [5.74, 6) is 1.28. The molecule has 4 aliphatic carbocycles. The summed E-state index contributed by atoms with van der Waals surface area (Å²) >= 11 is 0. The summed E-state index contributed by atoms with van der Waals surface area (Å²) in [5, 5.41) is 33.9. The van der Waals surface area contributed by atoms with Gasteiger partial charge in [0.2, 0.25) is 0 Å². The topological polar surface area (TPSA) is 109 Å². The minimum atomic E-state index is -1.03. The SMILES string of the molecule is C[C@]12CC[C@H](OCC(O)CN)C[C@H]1CC[C@@H]1[C@@H]2CC[C@]2(C)[C@@](O)(c3ccoc3)CC[C@]12O. The Morgan fingerprint density at radius 2 is 1.91 bits per heavy atom. The first-order chi connectivity index (χ1) is 15.2. The summed E-state index contributed by atoms with van der Waals surface area (Å²) in [4.78, 5) is 0. The monoisotopic (exact) mass is 447 g/mol. The second-order valence-corrected chi connectivity index (χ2v) is 11.8. The first kappa shape index (κ1) is 22.9. The Kier molecular flexibility index (Phi) is 5.58. The van der Waals surface area contributed by atoms with Crippen LogP contribution in [0.25, 0.3) is 0 Å². The van der Waals surface area contributed by atoms with Crippen molar-refractivity contribution in [2.24, 2.45) is 34.3 Å². The third-order valence-corrected chi connectivity index (χ3v) is 10.7. The maximum absolute atomic E-state index is 12.3. The van der Waals surface area contributed by atoms with E-state index in [1.54, 1.807) is 12.5 Å². The molecule has 1 heterocycles. The fraction of sp³-hybridized carbons (Fsp3) is 0.846. The average molecular weight is 448 g/mol. The van der Waals surface area contributed by atoms with Crippen LogP contribution in [0, 0.1) is 28.6 Å². The smallest absolute Gasteiger partial charge is 0.101 e. The van der Waals surface area contributed by atoms with Gasteiger partial charge in [0.1, 0.15) is 5.60 Å². The molecule has 1 aromatic rings. The van der Waals surface area contributed by atoms with Crippen molar-refractivity contribution in [2.75, 3.05) is 13.2 Å². The second-order valence-electron chi connectivity index (χ2n) is 11.8. The molecule has 1 aromatic heterocycles. The normalized spacial score (nSPS) is 49.2. The molecule has 6 heteroatoms. The molecule has 1 unspecified atom stereocenters. The lowest BCUT2D eigenvalue weighted by atomic mass is 9.43. The average Bonchev–Trinajstić information content (AvgIpc) is 3.39. The molecule has 0 aliphatic heterocycles. The molecular formula is C26H41NO5. The van der Waals surface area contributed by atoms with Crippen molar-refractivity contribution in [2.45, 2.75) is 95.0 Å². The van der Waals surface area contributed by atoms with Gasteiger partial charge < -0.3 is 30.2 Å². The van der Waals surface area contributed by atoms with E-state index in [4.69, 9.17) is 14.9 Å². The number of fused-ring (bicyclic) bond motifs is 5. The number of hydrogen-bond acceptors (Lipinski definition) is 6. The van der Waals surface area contributed by atoms with Crippen molar-refractivity contribution in [3.05, 3.63) is 24.2 Å². The molecule has 0 aromatic carbocycles. The first-order valence-electron chi connectivity index (χ1n) is 12.6. The second kappa shape index (κ2) is 7.81. The zero-order valence-corrected chi connectivity index (χ0v) is 19.6. The van der Waals surface area contributed by atoms with Crippen LogP contribution in [0.2, 0.25) is 0 Å². The van der Waals surface area contributed by atoms with Crippen molar-refractivity contribution in [3.63, 3.8) is 0 Å². The standard InChI is InChI=1S/C26H41NO5/c1-23-8-5-20(32-16-19(28)14-27)13-17(23)3-4-22-21(23)6-9-24(2)25(29,10-11-26(22,24)30)18-7-12-31-15-18/h7,12,15,17,19-22,28-30H,3-6,8-11,13-14,16,27H2,1-2H3/t17-,19?,20+,21+,22-,23+,24-,25+,26+/m1/s1. The van der Waals surface area contributed by atoms with Gasteiger partial charge in [-0.2, -0.15) is 0 Å². The first-order valence-corrected chi connectivity index (χ1v) is 12.6. The highest BCUT2D eigenvalue weighted by Crippen LogP contribution is 2.71. The summed E-state index contributed by atoms with van der Waals surface area (Å²) in [6.45, 7) is 5.12. The van der Waals surface area contributed by atoms with Gasteiger partial charge in [0, 0.05) is 17.5 Å². The molecule has 4 fully saturated rings. The van der Waals surface area contributed by atoms with Gasteiger partial charge in [-0.25, -0.2) is 0 Å². The Hall–Kier alpha value is -0.920. The zero-order chi connectivity index (χ0) is 22.8. The molecule has 4 saturated carbocycles. The number of hydrogen-bond donors (Lipinski definition) is 4. The van der Waals surface area contributed by atoms with E-state index >= 15 is 0 Å².